The van der Waals surface area contributed by atoms with Crippen LogP contribution < -0.4 is 0 Å². The van der Waals surface area contributed by atoms with E-state index in [-0.39, 0.29) is 24.5 Å². The molecule has 24 heavy (non-hydrogen) atoms. The van der Waals surface area contributed by atoms with Gasteiger partial charge in [-0.05, 0) is 31.2 Å². The number of rotatable bonds is 5. The van der Waals surface area contributed by atoms with Gasteiger partial charge in [-0.1, -0.05) is 30.3 Å². The number of nitrogens with zero attached hydrogens (tertiary/aromatic N) is 2. The van der Waals surface area contributed by atoms with E-state index < -0.39 is 6.09 Å². The van der Waals surface area contributed by atoms with Crippen LogP contribution in [0.2, 0.25) is 0 Å². The average Bonchev–Trinajstić information content (AvgIpc) is 2.94. The molecule has 128 valence electrons. The highest BCUT2D eigenvalue weighted by Gasteiger charge is 2.38. The lowest BCUT2D eigenvalue weighted by Gasteiger charge is -2.34. The molecule has 0 N–H and O–H groups in total. The molecule has 0 saturated carbocycles. The molecule has 2 fully saturated rings. The lowest BCUT2D eigenvalue weighted by Crippen LogP contribution is -2.48. The predicted molar refractivity (Wildman–Crippen MR) is 87.2 cm³/mol. The monoisotopic (exact) mass is 330 g/mol. The highest BCUT2D eigenvalue weighted by Crippen LogP contribution is 2.21. The van der Waals surface area contributed by atoms with E-state index in [1.54, 1.807) is 0 Å². The summed E-state index contributed by atoms with van der Waals surface area (Å²) in [6.07, 6.45) is 2.98. The Bertz CT molecular complexity index is 593. The number of piperidine rings is 1. The molecular weight excluding hydrogens is 308 g/mol. The Balaban J connectivity index is 1.42. The maximum absolute atomic E-state index is 12.3. The second-order valence-corrected chi connectivity index (χ2v) is 6.27. The summed E-state index contributed by atoms with van der Waals surface area (Å²) < 4.78 is 4.76. The number of benzene rings is 1. The highest BCUT2D eigenvalue weighted by atomic mass is 16.6. The topological polar surface area (TPSA) is 66.9 Å². The number of aryl methyl sites for hydroxylation is 1. The summed E-state index contributed by atoms with van der Waals surface area (Å²) in [5, 5.41) is 0. The van der Waals surface area contributed by atoms with Gasteiger partial charge in [0.15, 0.2) is 6.61 Å². The third-order valence-electron chi connectivity index (χ3n) is 4.67. The van der Waals surface area contributed by atoms with Gasteiger partial charge in [0, 0.05) is 25.6 Å². The zero-order valence-electron chi connectivity index (χ0n) is 13.6. The van der Waals surface area contributed by atoms with E-state index in [2.05, 4.69) is 12.1 Å². The Morgan fingerprint density at radius 3 is 2.46 bits per heavy atom. The molecule has 2 aliphatic rings. The van der Waals surface area contributed by atoms with E-state index in [0.29, 0.717) is 32.4 Å². The van der Waals surface area contributed by atoms with Crippen molar-refractivity contribution in [2.24, 2.45) is 0 Å². The van der Waals surface area contributed by atoms with Gasteiger partial charge in [0.1, 0.15) is 0 Å². The molecule has 1 aromatic carbocycles. The van der Waals surface area contributed by atoms with Gasteiger partial charge < -0.3 is 9.64 Å². The fraction of sp³-hybridized carbons (Fsp3) is 0.500. The number of amides is 3. The summed E-state index contributed by atoms with van der Waals surface area (Å²) in [6.45, 7) is 1.02. The van der Waals surface area contributed by atoms with Crippen LogP contribution in [0.3, 0.4) is 0 Å². The quantitative estimate of drug-likeness (QED) is 0.828. The van der Waals surface area contributed by atoms with Crippen LogP contribution in [0.4, 0.5) is 4.79 Å². The van der Waals surface area contributed by atoms with Gasteiger partial charge in [-0.2, -0.15) is 0 Å². The Kier molecular flexibility index (Phi) is 5.13. The van der Waals surface area contributed by atoms with Gasteiger partial charge in [-0.3, -0.25) is 9.59 Å². The first kappa shape index (κ1) is 16.5. The lowest BCUT2D eigenvalue weighted by atomic mass is 10.0. The van der Waals surface area contributed by atoms with Crippen LogP contribution in [0.1, 0.15) is 31.2 Å². The molecule has 0 atom stereocenters. The van der Waals surface area contributed by atoms with Gasteiger partial charge in [-0.25, -0.2) is 9.69 Å². The number of likely N-dealkylation sites (tertiary alicyclic amines) is 1. The maximum atomic E-state index is 12.3. The zero-order chi connectivity index (χ0) is 16.9. The molecule has 6 heteroatoms. The predicted octanol–water partition coefficient (Wildman–Crippen LogP) is 1.98. The summed E-state index contributed by atoms with van der Waals surface area (Å²) in [5.41, 5.74) is 1.25. The Morgan fingerprint density at radius 1 is 1.12 bits per heavy atom. The van der Waals surface area contributed by atoms with Crippen molar-refractivity contribution >= 4 is 17.9 Å². The third kappa shape index (κ3) is 3.75. The summed E-state index contributed by atoms with van der Waals surface area (Å²) in [4.78, 5) is 38.6. The molecule has 2 aliphatic heterocycles. The van der Waals surface area contributed by atoms with Gasteiger partial charge in [0.25, 0.3) is 5.91 Å². The van der Waals surface area contributed by atoms with Crippen molar-refractivity contribution in [1.29, 1.82) is 0 Å². The van der Waals surface area contributed by atoms with Crippen molar-refractivity contribution < 1.29 is 19.1 Å². The molecule has 3 amide bonds. The molecule has 6 nitrogen and oxygen atoms in total. The highest BCUT2D eigenvalue weighted by molar-refractivity contribution is 5.98. The van der Waals surface area contributed by atoms with Crippen molar-refractivity contribution in [3.05, 3.63) is 35.9 Å². The summed E-state index contributed by atoms with van der Waals surface area (Å²) >= 11 is 0. The first-order chi connectivity index (χ1) is 11.6. The molecule has 0 radical (unpaired) electrons. The number of carbonyl (C=O) groups is 3. The Labute approximate surface area is 141 Å². The second-order valence-electron chi connectivity index (χ2n) is 6.27. The fourth-order valence-corrected chi connectivity index (χ4v) is 3.34. The van der Waals surface area contributed by atoms with Crippen LogP contribution >= 0.6 is 0 Å². The second kappa shape index (κ2) is 7.47. The Morgan fingerprint density at radius 2 is 1.83 bits per heavy atom. The Hall–Kier alpha value is -2.37. The van der Waals surface area contributed by atoms with Crippen molar-refractivity contribution in [3.63, 3.8) is 0 Å². The van der Waals surface area contributed by atoms with E-state index in [1.807, 2.05) is 23.1 Å². The standard InChI is InChI=1S/C18H22N2O4/c21-16(8-4-7-14-5-2-1-3-6-14)19-11-9-15(10-12-19)20-17(22)13-24-18(20)23/h1-3,5-6,15H,4,7-13H2. The number of cyclic esters (lactones) is 1. The molecule has 0 bridgehead atoms. The molecule has 0 unspecified atom stereocenters. The fourth-order valence-electron chi connectivity index (χ4n) is 3.34. The van der Waals surface area contributed by atoms with Gasteiger partial charge in [0.2, 0.25) is 5.91 Å². The molecule has 1 aromatic rings. The number of hydrogen-bond donors (Lipinski definition) is 0. The maximum Gasteiger partial charge on any atom is 0.417 e. The summed E-state index contributed by atoms with van der Waals surface area (Å²) in [5.74, 6) is -0.118. The molecule has 2 saturated heterocycles. The van der Waals surface area contributed by atoms with Gasteiger partial charge >= 0.3 is 6.09 Å². The number of ether oxygens (including phenoxy) is 1. The SMILES string of the molecule is O=C(CCCc1ccccc1)N1CCC(N2C(=O)COC2=O)CC1. The van der Waals surface area contributed by atoms with Crippen molar-refractivity contribution in [2.75, 3.05) is 19.7 Å². The first-order valence-electron chi connectivity index (χ1n) is 8.45. The summed E-state index contributed by atoms with van der Waals surface area (Å²) in [6, 6.07) is 10.0. The van der Waals surface area contributed by atoms with Crippen LogP contribution in [-0.4, -0.2) is 53.4 Å². The molecule has 2 heterocycles. The molecule has 0 aliphatic carbocycles. The van der Waals surface area contributed by atoms with E-state index in [9.17, 15) is 14.4 Å². The molecular formula is C18H22N2O4. The minimum absolute atomic E-state index is 0.138. The number of hydrogen-bond acceptors (Lipinski definition) is 4. The summed E-state index contributed by atoms with van der Waals surface area (Å²) in [7, 11) is 0. The van der Waals surface area contributed by atoms with E-state index in [0.717, 1.165) is 12.8 Å². The molecule has 0 spiro atoms. The van der Waals surface area contributed by atoms with E-state index in [4.69, 9.17) is 4.74 Å². The van der Waals surface area contributed by atoms with Gasteiger partial charge in [-0.15, -0.1) is 0 Å². The van der Waals surface area contributed by atoms with Gasteiger partial charge in [0.05, 0.1) is 0 Å². The largest absolute Gasteiger partial charge is 0.439 e. The van der Waals surface area contributed by atoms with Crippen LogP contribution in [-0.2, 0) is 20.7 Å². The minimum Gasteiger partial charge on any atom is -0.439 e. The van der Waals surface area contributed by atoms with Crippen molar-refractivity contribution in [2.45, 2.75) is 38.1 Å². The van der Waals surface area contributed by atoms with Crippen LogP contribution in [0.5, 0.6) is 0 Å². The van der Waals surface area contributed by atoms with Crippen LogP contribution in [0.25, 0.3) is 0 Å². The van der Waals surface area contributed by atoms with Crippen LogP contribution in [0, 0.1) is 0 Å². The smallest absolute Gasteiger partial charge is 0.417 e. The number of imide groups is 1. The zero-order valence-corrected chi connectivity index (χ0v) is 13.6. The van der Waals surface area contributed by atoms with Crippen molar-refractivity contribution in [3.8, 4) is 0 Å². The van der Waals surface area contributed by atoms with E-state index >= 15 is 0 Å². The van der Waals surface area contributed by atoms with Crippen molar-refractivity contribution in [1.82, 2.24) is 9.80 Å². The lowest BCUT2D eigenvalue weighted by molar-refractivity contribution is -0.133. The number of carbonyl (C=O) groups excluding carboxylic acids is 3. The van der Waals surface area contributed by atoms with Crippen LogP contribution in [0.15, 0.2) is 30.3 Å². The molecule has 3 rings (SSSR count). The third-order valence-corrected chi connectivity index (χ3v) is 4.67. The normalized spacial score (nSPS) is 18.8. The minimum atomic E-state index is -0.548. The first-order valence-corrected chi connectivity index (χ1v) is 8.45. The van der Waals surface area contributed by atoms with E-state index in [1.165, 1.54) is 10.5 Å². The average molecular weight is 330 g/mol. The molecule has 0 aromatic heterocycles.